The summed E-state index contributed by atoms with van der Waals surface area (Å²) in [5, 5.41) is 8.58. The number of carbonyl (C=O) groups excluding carboxylic acids is 1. The predicted molar refractivity (Wildman–Crippen MR) is 62.8 cm³/mol. The lowest BCUT2D eigenvalue weighted by Crippen LogP contribution is -2.32. The summed E-state index contributed by atoms with van der Waals surface area (Å²) in [4.78, 5) is 23.1. The highest BCUT2D eigenvalue weighted by Crippen LogP contribution is 2.15. The molecular weight excluding hydrogens is 226 g/mol. The topological polar surface area (TPSA) is 80.4 Å². The van der Waals surface area contributed by atoms with Gasteiger partial charge in [0.05, 0.1) is 0 Å². The Balaban J connectivity index is 2.69. The molecule has 86 valence electrons. The van der Waals surface area contributed by atoms with Crippen LogP contribution in [0.3, 0.4) is 0 Å². The summed E-state index contributed by atoms with van der Waals surface area (Å²) in [6.45, 7) is 0. The highest BCUT2D eigenvalue weighted by atomic mass is 32.2. The largest absolute Gasteiger partial charge is 0.480 e. The van der Waals surface area contributed by atoms with Gasteiger partial charge in [-0.2, -0.15) is 0 Å². The first-order chi connectivity index (χ1) is 7.54. The zero-order chi connectivity index (χ0) is 12.1. The Morgan fingerprint density at radius 1 is 1.38 bits per heavy atom. The summed E-state index contributed by atoms with van der Waals surface area (Å²) in [7, 11) is 0. The monoisotopic (exact) mass is 239 g/mol. The molecule has 0 unspecified atom stereocenters. The molecule has 0 spiro atoms. The van der Waals surface area contributed by atoms with E-state index in [1.807, 2.05) is 18.4 Å². The van der Waals surface area contributed by atoms with Gasteiger partial charge in [0.2, 0.25) is 0 Å². The van der Waals surface area contributed by atoms with Crippen LogP contribution in [0.15, 0.2) is 29.2 Å². The van der Waals surface area contributed by atoms with E-state index in [0.29, 0.717) is 5.56 Å². The molecule has 0 saturated heterocycles. The van der Waals surface area contributed by atoms with Crippen molar-refractivity contribution in [2.24, 2.45) is 5.73 Å². The van der Waals surface area contributed by atoms with E-state index < -0.39 is 12.0 Å². The number of Topliss-reactive ketones (excluding diaryl/α,β-unsaturated/α-hetero) is 1. The molecule has 1 aromatic carbocycles. The van der Waals surface area contributed by atoms with E-state index >= 15 is 0 Å². The number of rotatable bonds is 5. The molecule has 0 bridgehead atoms. The van der Waals surface area contributed by atoms with Crippen LogP contribution in [0.2, 0.25) is 0 Å². The van der Waals surface area contributed by atoms with Crippen molar-refractivity contribution >= 4 is 23.5 Å². The summed E-state index contributed by atoms with van der Waals surface area (Å²) in [5.74, 6) is -1.41. The average Bonchev–Trinajstić information content (AvgIpc) is 2.28. The maximum Gasteiger partial charge on any atom is 0.320 e. The van der Waals surface area contributed by atoms with E-state index in [0.717, 1.165) is 4.90 Å². The van der Waals surface area contributed by atoms with E-state index in [4.69, 9.17) is 10.8 Å². The number of aliphatic carboxylic acids is 1. The van der Waals surface area contributed by atoms with Crippen molar-refractivity contribution < 1.29 is 14.7 Å². The molecule has 0 aliphatic carbocycles. The second-order valence-corrected chi connectivity index (χ2v) is 4.18. The molecule has 16 heavy (non-hydrogen) atoms. The number of hydrogen-bond acceptors (Lipinski definition) is 4. The molecule has 5 heteroatoms. The number of carboxylic acid groups (broad SMARTS) is 1. The van der Waals surface area contributed by atoms with Crippen LogP contribution in [0.1, 0.15) is 16.8 Å². The van der Waals surface area contributed by atoms with Crippen LogP contribution >= 0.6 is 11.8 Å². The second-order valence-electron chi connectivity index (χ2n) is 3.30. The van der Waals surface area contributed by atoms with Crippen LogP contribution in [-0.2, 0) is 4.79 Å². The lowest BCUT2D eigenvalue weighted by atomic mass is 10.0. The highest BCUT2D eigenvalue weighted by Gasteiger charge is 2.17. The second kappa shape index (κ2) is 5.67. The van der Waals surface area contributed by atoms with Gasteiger partial charge in [0.15, 0.2) is 5.78 Å². The minimum absolute atomic E-state index is 0.173. The fraction of sp³-hybridized carbons (Fsp3) is 0.273. The number of carbonyl (C=O) groups is 2. The van der Waals surface area contributed by atoms with Crippen molar-refractivity contribution in [3.05, 3.63) is 29.8 Å². The van der Waals surface area contributed by atoms with Gasteiger partial charge in [-0.15, -0.1) is 11.8 Å². The summed E-state index contributed by atoms with van der Waals surface area (Å²) >= 11 is 1.58. The summed E-state index contributed by atoms with van der Waals surface area (Å²) in [6, 6.07) is 5.88. The van der Waals surface area contributed by atoms with Crippen LogP contribution in [0.25, 0.3) is 0 Å². The number of ketones is 1. The van der Waals surface area contributed by atoms with E-state index in [1.54, 1.807) is 23.9 Å². The van der Waals surface area contributed by atoms with E-state index in [1.165, 1.54) is 0 Å². The lowest BCUT2D eigenvalue weighted by molar-refractivity contribution is -0.138. The van der Waals surface area contributed by atoms with E-state index in [9.17, 15) is 9.59 Å². The Hall–Kier alpha value is -1.33. The Morgan fingerprint density at radius 2 is 1.94 bits per heavy atom. The third kappa shape index (κ3) is 3.36. The minimum atomic E-state index is -1.16. The SMILES string of the molecule is CSc1ccc(C(=O)C[C@H](N)C(=O)O)cc1. The zero-order valence-corrected chi connectivity index (χ0v) is 9.66. The average molecular weight is 239 g/mol. The van der Waals surface area contributed by atoms with Gasteiger partial charge in [-0.25, -0.2) is 0 Å². The molecule has 0 aliphatic rings. The number of hydrogen-bond donors (Lipinski definition) is 2. The third-order valence-electron chi connectivity index (χ3n) is 2.13. The molecule has 1 aromatic rings. The van der Waals surface area contributed by atoms with Crippen molar-refractivity contribution in [1.29, 1.82) is 0 Å². The van der Waals surface area contributed by atoms with Gasteiger partial charge in [-0.1, -0.05) is 12.1 Å². The number of carboxylic acids is 1. The molecule has 0 saturated carbocycles. The van der Waals surface area contributed by atoms with Gasteiger partial charge >= 0.3 is 5.97 Å². The Morgan fingerprint density at radius 3 is 2.38 bits per heavy atom. The van der Waals surface area contributed by atoms with Crippen LogP contribution in [0, 0.1) is 0 Å². The molecule has 3 N–H and O–H groups in total. The molecular formula is C11H13NO3S. The van der Waals surface area contributed by atoms with Crippen LogP contribution in [-0.4, -0.2) is 29.2 Å². The first-order valence-corrected chi connectivity index (χ1v) is 5.92. The molecule has 0 fully saturated rings. The Kier molecular flexibility index (Phi) is 4.52. The maximum atomic E-state index is 11.6. The molecule has 4 nitrogen and oxygen atoms in total. The maximum absolute atomic E-state index is 11.6. The van der Waals surface area contributed by atoms with E-state index in [-0.39, 0.29) is 12.2 Å². The van der Waals surface area contributed by atoms with Gasteiger partial charge in [-0.05, 0) is 18.4 Å². The normalized spacial score (nSPS) is 12.1. The third-order valence-corrected chi connectivity index (χ3v) is 2.88. The van der Waals surface area contributed by atoms with Gasteiger partial charge in [0.1, 0.15) is 6.04 Å². The van der Waals surface area contributed by atoms with E-state index in [2.05, 4.69) is 0 Å². The summed E-state index contributed by atoms with van der Waals surface area (Å²) < 4.78 is 0. The minimum Gasteiger partial charge on any atom is -0.480 e. The fourth-order valence-corrected chi connectivity index (χ4v) is 1.59. The standard InChI is InChI=1S/C11H13NO3S/c1-16-8-4-2-7(3-5-8)10(13)6-9(12)11(14)15/h2-5,9H,6,12H2,1H3,(H,14,15)/t9-/m0/s1. The van der Waals surface area contributed by atoms with Crippen LogP contribution in [0.4, 0.5) is 0 Å². The van der Waals surface area contributed by atoms with Crippen molar-refractivity contribution in [1.82, 2.24) is 0 Å². The lowest BCUT2D eigenvalue weighted by Gasteiger charge is -2.05. The summed E-state index contributed by atoms with van der Waals surface area (Å²) in [6.07, 6.45) is 1.77. The first-order valence-electron chi connectivity index (χ1n) is 4.70. The van der Waals surface area contributed by atoms with Crippen molar-refractivity contribution in [2.75, 3.05) is 6.26 Å². The highest BCUT2D eigenvalue weighted by molar-refractivity contribution is 7.98. The number of benzene rings is 1. The molecule has 1 atom stereocenters. The number of thioether (sulfide) groups is 1. The zero-order valence-electron chi connectivity index (χ0n) is 8.84. The fourth-order valence-electron chi connectivity index (χ4n) is 1.18. The van der Waals surface area contributed by atoms with Crippen LogP contribution in [0.5, 0.6) is 0 Å². The van der Waals surface area contributed by atoms with Gasteiger partial charge in [0, 0.05) is 16.9 Å². The molecule has 0 heterocycles. The molecule has 0 amide bonds. The van der Waals surface area contributed by atoms with Crippen molar-refractivity contribution in [3.8, 4) is 0 Å². The molecule has 0 radical (unpaired) electrons. The van der Waals surface area contributed by atoms with Gasteiger partial charge in [0.25, 0.3) is 0 Å². The summed E-state index contributed by atoms with van der Waals surface area (Å²) in [5.41, 5.74) is 5.78. The molecule has 0 aliphatic heterocycles. The van der Waals surface area contributed by atoms with Crippen molar-refractivity contribution in [2.45, 2.75) is 17.4 Å². The van der Waals surface area contributed by atoms with Crippen molar-refractivity contribution in [3.63, 3.8) is 0 Å². The van der Waals surface area contributed by atoms with Gasteiger partial charge in [-0.3, -0.25) is 9.59 Å². The molecule has 1 rings (SSSR count). The van der Waals surface area contributed by atoms with Crippen LogP contribution < -0.4 is 5.73 Å². The molecule has 0 aromatic heterocycles. The Bertz CT molecular complexity index is 389. The number of nitrogens with two attached hydrogens (primary N) is 1. The smallest absolute Gasteiger partial charge is 0.320 e. The Labute approximate surface area is 97.8 Å². The first kappa shape index (κ1) is 12.7. The van der Waals surface area contributed by atoms with Gasteiger partial charge < -0.3 is 10.8 Å². The quantitative estimate of drug-likeness (QED) is 0.599. The predicted octanol–water partition coefficient (Wildman–Crippen LogP) is 1.39.